The van der Waals surface area contributed by atoms with Gasteiger partial charge >= 0.3 is 0 Å². The molecule has 0 unspecified atom stereocenters. The zero-order valence-electron chi connectivity index (χ0n) is 20.3. The van der Waals surface area contributed by atoms with Crippen LogP contribution >= 0.6 is 23.2 Å². The van der Waals surface area contributed by atoms with E-state index in [0.717, 1.165) is 5.56 Å². The van der Waals surface area contributed by atoms with Crippen molar-refractivity contribution in [1.82, 2.24) is 4.90 Å². The number of halogens is 2. The second-order valence-electron chi connectivity index (χ2n) is 9.02. The fraction of sp³-hybridized carbons (Fsp3) is 0.308. The van der Waals surface area contributed by atoms with Crippen molar-refractivity contribution in [3.8, 4) is 5.75 Å². The number of carbonyl (C=O) groups excluding carboxylic acids is 2. The third-order valence-corrected chi connectivity index (χ3v) is 6.54. The Bertz CT molecular complexity index is 1380. The predicted octanol–water partition coefficient (Wildman–Crippen LogP) is 4.38. The van der Waals surface area contributed by atoms with Crippen LogP contribution in [0.4, 0.5) is 17.1 Å². The monoisotopic (exact) mass is 531 g/mol. The summed E-state index contributed by atoms with van der Waals surface area (Å²) in [5.74, 6) is -1.10. The fourth-order valence-corrected chi connectivity index (χ4v) is 4.05. The van der Waals surface area contributed by atoms with E-state index in [9.17, 15) is 24.3 Å². The van der Waals surface area contributed by atoms with Crippen LogP contribution < -0.4 is 21.5 Å². The first-order valence-corrected chi connectivity index (χ1v) is 12.0. The Kier molecular flexibility index (Phi) is 8.43. The third-order valence-electron chi connectivity index (χ3n) is 5.80. The number of aryl methyl sites for hydroxylation is 1. The number of nitrogens with zero attached hydrogens (tertiary/aromatic N) is 1. The lowest BCUT2D eigenvalue weighted by atomic mass is 9.94. The van der Waals surface area contributed by atoms with Gasteiger partial charge < -0.3 is 20.6 Å². The first-order chi connectivity index (χ1) is 16.9. The van der Waals surface area contributed by atoms with Gasteiger partial charge in [0.2, 0.25) is 0 Å². The molecule has 0 saturated carbocycles. The predicted molar refractivity (Wildman–Crippen MR) is 143 cm³/mol. The van der Waals surface area contributed by atoms with Gasteiger partial charge in [0.1, 0.15) is 11.4 Å². The second-order valence-corrected chi connectivity index (χ2v) is 9.83. The number of benzene rings is 2. The van der Waals surface area contributed by atoms with Crippen molar-refractivity contribution >= 4 is 52.0 Å². The maximum Gasteiger partial charge on any atom is 0.257 e. The van der Waals surface area contributed by atoms with Gasteiger partial charge in [0, 0.05) is 20.5 Å². The van der Waals surface area contributed by atoms with Crippen LogP contribution in [0.2, 0.25) is 10.0 Å². The summed E-state index contributed by atoms with van der Waals surface area (Å²) < 4.78 is 0. The van der Waals surface area contributed by atoms with E-state index in [1.807, 2.05) is 13.8 Å². The number of phenolic OH excluding ortho intramolecular Hbond substituents is 1. The topological polar surface area (TPSA) is 116 Å². The molecule has 36 heavy (non-hydrogen) atoms. The molecule has 0 saturated heterocycles. The summed E-state index contributed by atoms with van der Waals surface area (Å²) in [5, 5.41) is 17.1. The normalized spacial score (nSPS) is 12.0. The smallest absolute Gasteiger partial charge is 0.257 e. The number of nitrogens with one attached hydrogen (secondary N) is 2. The number of ketones is 1. The lowest BCUT2D eigenvalue weighted by molar-refractivity contribution is -0.120. The maximum atomic E-state index is 13.0. The molecule has 190 valence electrons. The molecule has 1 amide bonds. The number of hydrogen-bond acceptors (Lipinski definition) is 7. The minimum absolute atomic E-state index is 0.0367. The zero-order chi connectivity index (χ0) is 26.7. The number of hydrogen-bond donors (Lipinski definition) is 3. The van der Waals surface area contributed by atoms with Crippen LogP contribution in [0.25, 0.3) is 0 Å². The van der Waals surface area contributed by atoms with E-state index >= 15 is 0 Å². The maximum absolute atomic E-state index is 13.0. The Morgan fingerprint density at radius 2 is 1.67 bits per heavy atom. The standard InChI is InChI=1S/C26H27Cl2N3O5/c1-13(2)20(19(32)11-9-14-8-10-16(27)17(28)12-14)30-22-21(24(34)25(22)35)29-18-7-5-6-15(23(18)33)26(36)31(3)4/h5-8,10,12-13,20,29-30,33H,9,11H2,1-4H3/t20-/m1/s1. The molecule has 0 aliphatic heterocycles. The van der Waals surface area contributed by atoms with Crippen molar-refractivity contribution in [3.63, 3.8) is 0 Å². The van der Waals surface area contributed by atoms with Crippen molar-refractivity contribution in [3.05, 3.63) is 78.0 Å². The van der Waals surface area contributed by atoms with Gasteiger partial charge in [-0.05, 0) is 42.2 Å². The largest absolute Gasteiger partial charge is 0.505 e. The fourth-order valence-electron chi connectivity index (χ4n) is 3.73. The highest BCUT2D eigenvalue weighted by Crippen LogP contribution is 2.32. The summed E-state index contributed by atoms with van der Waals surface area (Å²) in [4.78, 5) is 51.3. The molecule has 10 heteroatoms. The molecule has 0 aliphatic carbocycles. The van der Waals surface area contributed by atoms with E-state index in [2.05, 4.69) is 10.6 Å². The van der Waals surface area contributed by atoms with Gasteiger partial charge in [0.25, 0.3) is 16.8 Å². The van der Waals surface area contributed by atoms with Gasteiger partial charge in [-0.3, -0.25) is 19.2 Å². The number of anilines is 3. The van der Waals surface area contributed by atoms with Gasteiger partial charge in [-0.2, -0.15) is 0 Å². The van der Waals surface area contributed by atoms with E-state index in [1.165, 1.54) is 17.0 Å². The number of para-hydroxylation sites is 1. The van der Waals surface area contributed by atoms with Crippen molar-refractivity contribution in [1.29, 1.82) is 0 Å². The zero-order valence-corrected chi connectivity index (χ0v) is 21.8. The van der Waals surface area contributed by atoms with Gasteiger partial charge in [0.15, 0.2) is 11.5 Å². The number of aromatic hydroxyl groups is 1. The molecule has 1 atom stereocenters. The summed E-state index contributed by atoms with van der Waals surface area (Å²) in [6, 6.07) is 8.90. The number of Topliss-reactive ketones (excluding diaryl/α,β-unsaturated/α-hetero) is 1. The van der Waals surface area contributed by atoms with Crippen molar-refractivity contribution in [2.24, 2.45) is 5.92 Å². The summed E-state index contributed by atoms with van der Waals surface area (Å²) >= 11 is 12.0. The van der Waals surface area contributed by atoms with Crippen LogP contribution in [-0.2, 0) is 11.2 Å². The number of phenols is 1. The molecule has 0 aromatic heterocycles. The van der Waals surface area contributed by atoms with Crippen molar-refractivity contribution < 1.29 is 14.7 Å². The Hall–Kier alpha value is -3.36. The second kappa shape index (κ2) is 11.1. The Morgan fingerprint density at radius 3 is 2.28 bits per heavy atom. The number of rotatable bonds is 10. The van der Waals surface area contributed by atoms with Crippen LogP contribution in [0.3, 0.4) is 0 Å². The Labute approximate surface area is 218 Å². The molecule has 3 aromatic rings. The van der Waals surface area contributed by atoms with Crippen molar-refractivity contribution in [2.75, 3.05) is 24.7 Å². The van der Waals surface area contributed by atoms with Crippen LogP contribution in [-0.4, -0.2) is 41.8 Å². The minimum Gasteiger partial charge on any atom is -0.505 e. The van der Waals surface area contributed by atoms with Crippen LogP contribution in [0.1, 0.15) is 36.2 Å². The summed E-state index contributed by atoms with van der Waals surface area (Å²) in [7, 11) is 3.09. The molecular formula is C26H27Cl2N3O5. The van der Waals surface area contributed by atoms with E-state index in [0.29, 0.717) is 16.5 Å². The summed E-state index contributed by atoms with van der Waals surface area (Å²) in [6.45, 7) is 3.66. The van der Waals surface area contributed by atoms with Gasteiger partial charge in [-0.25, -0.2) is 0 Å². The minimum atomic E-state index is -0.785. The van der Waals surface area contributed by atoms with E-state index in [4.69, 9.17) is 23.2 Å². The molecule has 0 aliphatic rings. The SMILES string of the molecule is CC(C)[C@@H](Nc1c(Nc2cccc(C(=O)N(C)C)c2O)c(=O)c1=O)C(=O)CCc1ccc(Cl)c(Cl)c1. The first kappa shape index (κ1) is 27.2. The molecular weight excluding hydrogens is 505 g/mol. The molecule has 0 spiro atoms. The summed E-state index contributed by atoms with van der Waals surface area (Å²) in [6.07, 6.45) is 0.611. The number of amides is 1. The van der Waals surface area contributed by atoms with E-state index in [1.54, 1.807) is 38.4 Å². The highest BCUT2D eigenvalue weighted by Gasteiger charge is 2.29. The van der Waals surface area contributed by atoms with Crippen LogP contribution in [0.5, 0.6) is 5.75 Å². The third kappa shape index (κ3) is 5.71. The molecule has 0 radical (unpaired) electrons. The molecule has 0 heterocycles. The Morgan fingerprint density at radius 1 is 1.00 bits per heavy atom. The highest BCUT2D eigenvalue weighted by atomic mass is 35.5. The van der Waals surface area contributed by atoms with Gasteiger partial charge in [-0.1, -0.05) is 49.2 Å². The molecule has 3 rings (SSSR count). The van der Waals surface area contributed by atoms with Crippen LogP contribution in [0, 0.1) is 5.92 Å². The Balaban J connectivity index is 1.80. The highest BCUT2D eigenvalue weighted by molar-refractivity contribution is 6.42. The molecule has 3 aromatic carbocycles. The lowest BCUT2D eigenvalue weighted by Crippen LogP contribution is -2.43. The van der Waals surface area contributed by atoms with Crippen LogP contribution in [0.15, 0.2) is 46.0 Å². The average molecular weight is 532 g/mol. The molecule has 0 bridgehead atoms. The van der Waals surface area contributed by atoms with Crippen molar-refractivity contribution in [2.45, 2.75) is 32.7 Å². The molecule has 3 N–H and O–H groups in total. The first-order valence-electron chi connectivity index (χ1n) is 11.3. The lowest BCUT2D eigenvalue weighted by Gasteiger charge is -2.25. The average Bonchev–Trinajstić information content (AvgIpc) is 2.83. The van der Waals surface area contributed by atoms with E-state index in [-0.39, 0.29) is 46.5 Å². The summed E-state index contributed by atoms with van der Waals surface area (Å²) in [5.41, 5.74) is -0.689. The quantitative estimate of drug-likeness (QED) is 0.262. The van der Waals surface area contributed by atoms with Gasteiger partial charge in [-0.15, -0.1) is 0 Å². The van der Waals surface area contributed by atoms with Gasteiger partial charge in [0.05, 0.1) is 27.3 Å². The number of carbonyl (C=O) groups is 2. The molecule has 0 fully saturated rings. The molecule has 8 nitrogen and oxygen atoms in total. The van der Waals surface area contributed by atoms with E-state index < -0.39 is 22.8 Å².